The first-order valence-electron chi connectivity index (χ1n) is 8.31. The van der Waals surface area contributed by atoms with Crippen LogP contribution in [0.3, 0.4) is 0 Å². The van der Waals surface area contributed by atoms with Crippen molar-refractivity contribution in [3.05, 3.63) is 0 Å². The van der Waals surface area contributed by atoms with Crippen LogP contribution in [0.5, 0.6) is 0 Å². The number of hydrogen-bond donors (Lipinski definition) is 2. The monoisotopic (exact) mass is 282 g/mol. The van der Waals surface area contributed by atoms with Crippen molar-refractivity contribution < 1.29 is 9.90 Å². The summed E-state index contributed by atoms with van der Waals surface area (Å²) >= 11 is 0. The Kier molecular flexibility index (Phi) is 5.85. The fourth-order valence-electron chi connectivity index (χ4n) is 3.61. The van der Waals surface area contributed by atoms with E-state index in [1.54, 1.807) is 0 Å². The van der Waals surface area contributed by atoms with Crippen molar-refractivity contribution >= 4 is 5.91 Å². The fourth-order valence-corrected chi connectivity index (χ4v) is 3.61. The molecule has 1 saturated heterocycles. The summed E-state index contributed by atoms with van der Waals surface area (Å²) < 4.78 is 0. The van der Waals surface area contributed by atoms with Crippen molar-refractivity contribution in [1.82, 2.24) is 10.2 Å². The van der Waals surface area contributed by atoms with Crippen LogP contribution in [-0.4, -0.2) is 47.2 Å². The molecule has 0 aromatic heterocycles. The van der Waals surface area contributed by atoms with Gasteiger partial charge in [0.05, 0.1) is 12.1 Å². The molecule has 1 heterocycles. The summed E-state index contributed by atoms with van der Waals surface area (Å²) in [6, 6.07) is 0.500. The van der Waals surface area contributed by atoms with E-state index in [9.17, 15) is 9.90 Å². The second kappa shape index (κ2) is 7.41. The molecule has 0 radical (unpaired) electrons. The van der Waals surface area contributed by atoms with Crippen molar-refractivity contribution in [2.75, 3.05) is 19.7 Å². The SMILES string of the molecule is C[C@H](CCC(=O)NC1(CO)CCCCC1)N1CCCC1. The van der Waals surface area contributed by atoms with Crippen molar-refractivity contribution in [1.29, 1.82) is 0 Å². The third-order valence-electron chi connectivity index (χ3n) is 5.07. The van der Waals surface area contributed by atoms with E-state index in [0.29, 0.717) is 12.5 Å². The smallest absolute Gasteiger partial charge is 0.220 e. The average Bonchev–Trinajstić information content (AvgIpc) is 3.00. The summed E-state index contributed by atoms with van der Waals surface area (Å²) in [6.45, 7) is 4.67. The minimum atomic E-state index is -0.327. The van der Waals surface area contributed by atoms with Crippen LogP contribution < -0.4 is 5.32 Å². The average molecular weight is 282 g/mol. The number of amides is 1. The molecule has 1 atom stereocenters. The lowest BCUT2D eigenvalue weighted by molar-refractivity contribution is -0.124. The summed E-state index contributed by atoms with van der Waals surface area (Å²) in [4.78, 5) is 14.6. The molecule has 4 heteroatoms. The molecule has 1 aliphatic carbocycles. The summed E-state index contributed by atoms with van der Waals surface area (Å²) in [5.41, 5.74) is -0.327. The van der Waals surface area contributed by atoms with Crippen LogP contribution in [0.25, 0.3) is 0 Å². The number of likely N-dealkylation sites (tertiary alicyclic amines) is 1. The van der Waals surface area contributed by atoms with E-state index in [-0.39, 0.29) is 18.1 Å². The zero-order chi connectivity index (χ0) is 14.4. The second-order valence-electron chi connectivity index (χ2n) is 6.68. The third-order valence-corrected chi connectivity index (χ3v) is 5.07. The molecule has 0 aromatic carbocycles. The van der Waals surface area contributed by atoms with Gasteiger partial charge in [0.1, 0.15) is 0 Å². The Morgan fingerprint density at radius 3 is 2.45 bits per heavy atom. The predicted molar refractivity (Wildman–Crippen MR) is 80.5 cm³/mol. The Balaban J connectivity index is 1.73. The molecule has 0 spiro atoms. The van der Waals surface area contributed by atoms with Crippen LogP contribution in [-0.2, 0) is 4.79 Å². The number of carbonyl (C=O) groups excluding carboxylic acids is 1. The van der Waals surface area contributed by atoms with Gasteiger partial charge in [-0.2, -0.15) is 0 Å². The van der Waals surface area contributed by atoms with Gasteiger partial charge in [-0.1, -0.05) is 19.3 Å². The largest absolute Gasteiger partial charge is 0.394 e. The predicted octanol–water partition coefficient (Wildman–Crippen LogP) is 2.06. The molecular weight excluding hydrogens is 252 g/mol. The molecule has 0 unspecified atom stereocenters. The van der Waals surface area contributed by atoms with Gasteiger partial charge in [0.25, 0.3) is 0 Å². The maximum absolute atomic E-state index is 12.2. The van der Waals surface area contributed by atoms with E-state index in [2.05, 4.69) is 17.1 Å². The molecule has 0 bridgehead atoms. The highest BCUT2D eigenvalue weighted by atomic mass is 16.3. The van der Waals surface area contributed by atoms with Crippen molar-refractivity contribution in [2.45, 2.75) is 76.3 Å². The van der Waals surface area contributed by atoms with Crippen molar-refractivity contribution in [3.8, 4) is 0 Å². The number of carbonyl (C=O) groups is 1. The van der Waals surface area contributed by atoms with Crippen LogP contribution in [0.4, 0.5) is 0 Å². The number of aliphatic hydroxyl groups is 1. The maximum Gasteiger partial charge on any atom is 0.220 e. The lowest BCUT2D eigenvalue weighted by Crippen LogP contribution is -2.52. The molecular formula is C16H30N2O2. The zero-order valence-electron chi connectivity index (χ0n) is 12.9. The second-order valence-corrected chi connectivity index (χ2v) is 6.68. The molecule has 2 rings (SSSR count). The number of hydrogen-bond acceptors (Lipinski definition) is 3. The zero-order valence-corrected chi connectivity index (χ0v) is 12.9. The van der Waals surface area contributed by atoms with E-state index < -0.39 is 0 Å². The van der Waals surface area contributed by atoms with Crippen LogP contribution in [0.2, 0.25) is 0 Å². The molecule has 1 aliphatic heterocycles. The lowest BCUT2D eigenvalue weighted by Gasteiger charge is -2.36. The number of rotatable bonds is 6. The van der Waals surface area contributed by atoms with Gasteiger partial charge in [0, 0.05) is 12.5 Å². The Hall–Kier alpha value is -0.610. The van der Waals surface area contributed by atoms with E-state index in [4.69, 9.17) is 0 Å². The van der Waals surface area contributed by atoms with Crippen molar-refractivity contribution in [3.63, 3.8) is 0 Å². The first-order chi connectivity index (χ1) is 9.65. The molecule has 1 saturated carbocycles. The minimum absolute atomic E-state index is 0.0837. The van der Waals surface area contributed by atoms with Gasteiger partial charge in [-0.25, -0.2) is 0 Å². The van der Waals surface area contributed by atoms with Crippen LogP contribution in [0.15, 0.2) is 0 Å². The first kappa shape index (κ1) is 15.8. The fraction of sp³-hybridized carbons (Fsp3) is 0.938. The Bertz CT molecular complexity index is 308. The summed E-state index contributed by atoms with van der Waals surface area (Å²) in [5, 5.41) is 12.7. The van der Waals surface area contributed by atoms with Gasteiger partial charge < -0.3 is 15.3 Å². The highest BCUT2D eigenvalue weighted by Crippen LogP contribution is 2.28. The minimum Gasteiger partial charge on any atom is -0.394 e. The molecule has 1 amide bonds. The lowest BCUT2D eigenvalue weighted by atomic mass is 9.82. The Morgan fingerprint density at radius 1 is 1.20 bits per heavy atom. The summed E-state index contributed by atoms with van der Waals surface area (Å²) in [7, 11) is 0. The standard InChI is InChI=1S/C16H30N2O2/c1-14(18-11-5-6-12-18)7-8-15(20)17-16(13-19)9-3-2-4-10-16/h14,19H,2-13H2,1H3,(H,17,20)/t14-/m1/s1. The molecule has 0 aromatic rings. The van der Waals surface area contributed by atoms with Gasteiger partial charge in [0.15, 0.2) is 0 Å². The van der Waals surface area contributed by atoms with Crippen molar-refractivity contribution in [2.24, 2.45) is 0 Å². The Morgan fingerprint density at radius 2 is 1.85 bits per heavy atom. The van der Waals surface area contributed by atoms with E-state index in [1.807, 2.05) is 0 Å². The van der Waals surface area contributed by atoms with E-state index >= 15 is 0 Å². The highest BCUT2D eigenvalue weighted by Gasteiger charge is 2.32. The molecule has 116 valence electrons. The van der Waals surface area contributed by atoms with Gasteiger partial charge in [0.2, 0.25) is 5.91 Å². The molecule has 2 aliphatic rings. The third kappa shape index (κ3) is 4.19. The molecule has 4 nitrogen and oxygen atoms in total. The molecule has 20 heavy (non-hydrogen) atoms. The van der Waals surface area contributed by atoms with Gasteiger partial charge >= 0.3 is 0 Å². The Labute approximate surface area is 122 Å². The van der Waals surface area contributed by atoms with Gasteiger partial charge in [-0.05, 0) is 52.1 Å². The van der Waals surface area contributed by atoms with Gasteiger partial charge in [-0.15, -0.1) is 0 Å². The number of nitrogens with one attached hydrogen (secondary N) is 1. The van der Waals surface area contributed by atoms with Crippen LogP contribution in [0, 0.1) is 0 Å². The van der Waals surface area contributed by atoms with Crippen LogP contribution >= 0.6 is 0 Å². The maximum atomic E-state index is 12.2. The number of nitrogens with zero attached hydrogens (tertiary/aromatic N) is 1. The van der Waals surface area contributed by atoms with E-state index in [0.717, 1.165) is 32.1 Å². The number of aliphatic hydroxyl groups excluding tert-OH is 1. The normalized spacial score (nSPS) is 24.5. The summed E-state index contributed by atoms with van der Waals surface area (Å²) in [6.07, 6.45) is 9.41. The first-order valence-corrected chi connectivity index (χ1v) is 8.31. The quantitative estimate of drug-likeness (QED) is 0.784. The van der Waals surface area contributed by atoms with Crippen LogP contribution in [0.1, 0.15) is 64.7 Å². The van der Waals surface area contributed by atoms with Gasteiger partial charge in [-0.3, -0.25) is 4.79 Å². The molecule has 2 fully saturated rings. The highest BCUT2D eigenvalue weighted by molar-refractivity contribution is 5.76. The molecule has 2 N–H and O–H groups in total. The summed E-state index contributed by atoms with van der Waals surface area (Å²) in [5.74, 6) is 0.118. The topological polar surface area (TPSA) is 52.6 Å². The van der Waals surface area contributed by atoms with E-state index in [1.165, 1.54) is 32.4 Å².